The van der Waals surface area contributed by atoms with Gasteiger partial charge < -0.3 is 14.8 Å². The summed E-state index contributed by atoms with van der Waals surface area (Å²) >= 11 is 3.58. The molecule has 1 atom stereocenters. The van der Waals surface area contributed by atoms with Crippen LogP contribution >= 0.6 is 15.9 Å². The van der Waals surface area contributed by atoms with Gasteiger partial charge in [-0.25, -0.2) is 0 Å². The lowest BCUT2D eigenvalue weighted by Crippen LogP contribution is -2.19. The highest BCUT2D eigenvalue weighted by Gasteiger charge is 2.10. The molecule has 0 saturated heterocycles. The number of nitrogens with one attached hydrogen (secondary N) is 1. The summed E-state index contributed by atoms with van der Waals surface area (Å²) in [6.45, 7) is 7.56. The van der Waals surface area contributed by atoms with E-state index in [0.717, 1.165) is 36.5 Å². The van der Waals surface area contributed by atoms with Crippen molar-refractivity contribution in [2.45, 2.75) is 33.2 Å². The van der Waals surface area contributed by atoms with Crippen LogP contribution in [0.4, 0.5) is 0 Å². The monoisotopic (exact) mass is 343 g/mol. The van der Waals surface area contributed by atoms with Crippen LogP contribution in [-0.4, -0.2) is 26.9 Å². The van der Waals surface area contributed by atoms with E-state index in [2.05, 4.69) is 41.2 Å². The molecule has 1 rings (SSSR count). The second-order valence-electron chi connectivity index (χ2n) is 5.10. The summed E-state index contributed by atoms with van der Waals surface area (Å²) in [6, 6.07) is 6.17. The summed E-state index contributed by atoms with van der Waals surface area (Å²) < 4.78 is 12.1. The molecule has 0 aliphatic rings. The molecular formula is C16H26BrNO2. The molecule has 3 nitrogen and oxygen atoms in total. The van der Waals surface area contributed by atoms with E-state index in [-0.39, 0.29) is 0 Å². The van der Waals surface area contributed by atoms with Gasteiger partial charge in [-0.15, -0.1) is 0 Å². The lowest BCUT2D eigenvalue weighted by molar-refractivity contribution is 0.198. The van der Waals surface area contributed by atoms with Crippen molar-refractivity contribution in [1.82, 2.24) is 5.32 Å². The highest BCUT2D eigenvalue weighted by Crippen LogP contribution is 2.29. The first-order valence-electron chi connectivity index (χ1n) is 7.28. The molecule has 0 aliphatic carbocycles. The van der Waals surface area contributed by atoms with Crippen LogP contribution in [0.15, 0.2) is 22.7 Å². The smallest absolute Gasteiger partial charge is 0.137 e. The fourth-order valence-electron chi connectivity index (χ4n) is 2.05. The Kier molecular flexibility index (Phi) is 8.90. The molecule has 0 aromatic heterocycles. The number of benzene rings is 1. The van der Waals surface area contributed by atoms with Gasteiger partial charge in [0.25, 0.3) is 0 Å². The molecule has 4 heteroatoms. The first-order valence-corrected chi connectivity index (χ1v) is 8.08. The van der Waals surface area contributed by atoms with Gasteiger partial charge in [-0.05, 0) is 34.3 Å². The summed E-state index contributed by atoms with van der Waals surface area (Å²) in [5.74, 6) is 1.54. The quantitative estimate of drug-likeness (QED) is 0.651. The summed E-state index contributed by atoms with van der Waals surface area (Å²) in [5.41, 5.74) is 1.18. The van der Waals surface area contributed by atoms with Crippen LogP contribution in [0.1, 0.15) is 32.3 Å². The molecule has 0 spiro atoms. The molecule has 1 aromatic rings. The zero-order chi connectivity index (χ0) is 14.8. The van der Waals surface area contributed by atoms with E-state index in [1.165, 1.54) is 18.4 Å². The summed E-state index contributed by atoms with van der Waals surface area (Å²) in [5, 5.41) is 3.36. The Balaban J connectivity index is 2.58. The van der Waals surface area contributed by atoms with Gasteiger partial charge in [0.05, 0.1) is 17.7 Å². The van der Waals surface area contributed by atoms with Gasteiger partial charge in [0.15, 0.2) is 0 Å². The first kappa shape index (κ1) is 17.5. The number of para-hydroxylation sites is 1. The molecule has 0 saturated carbocycles. The van der Waals surface area contributed by atoms with Crippen LogP contribution in [0.25, 0.3) is 0 Å². The number of halogens is 1. The molecule has 1 aromatic carbocycles. The van der Waals surface area contributed by atoms with Crippen molar-refractivity contribution in [3.8, 4) is 5.75 Å². The zero-order valence-corrected chi connectivity index (χ0v) is 14.3. The van der Waals surface area contributed by atoms with E-state index in [1.807, 2.05) is 12.1 Å². The lowest BCUT2D eigenvalue weighted by atomic mass is 10.1. The Labute approximate surface area is 131 Å². The van der Waals surface area contributed by atoms with Gasteiger partial charge in [0.2, 0.25) is 0 Å². The maximum atomic E-state index is 6.02. The Hall–Kier alpha value is -0.580. The van der Waals surface area contributed by atoms with E-state index in [9.17, 15) is 0 Å². The summed E-state index contributed by atoms with van der Waals surface area (Å²) in [4.78, 5) is 0. The molecule has 0 fully saturated rings. The molecule has 20 heavy (non-hydrogen) atoms. The van der Waals surface area contributed by atoms with Gasteiger partial charge in [0.1, 0.15) is 5.75 Å². The molecule has 114 valence electrons. The molecule has 1 N–H and O–H groups in total. The van der Waals surface area contributed by atoms with Crippen LogP contribution < -0.4 is 10.1 Å². The van der Waals surface area contributed by atoms with E-state index in [1.54, 1.807) is 7.11 Å². The number of rotatable bonds is 10. The average Bonchev–Trinajstić information content (AvgIpc) is 2.43. The Bertz CT molecular complexity index is 385. The Morgan fingerprint density at radius 1 is 1.35 bits per heavy atom. The fraction of sp³-hybridized carbons (Fsp3) is 0.625. The lowest BCUT2D eigenvalue weighted by Gasteiger charge is -2.17. The van der Waals surface area contributed by atoms with Gasteiger partial charge in [-0.3, -0.25) is 0 Å². The van der Waals surface area contributed by atoms with E-state index >= 15 is 0 Å². The minimum atomic E-state index is 0.585. The molecular weight excluding hydrogens is 318 g/mol. The summed E-state index contributed by atoms with van der Waals surface area (Å²) in [7, 11) is 1.71. The van der Waals surface area contributed by atoms with Gasteiger partial charge in [-0.1, -0.05) is 32.4 Å². The van der Waals surface area contributed by atoms with Crippen molar-refractivity contribution < 1.29 is 9.47 Å². The third-order valence-corrected chi connectivity index (χ3v) is 3.77. The van der Waals surface area contributed by atoms with Gasteiger partial charge >= 0.3 is 0 Å². The van der Waals surface area contributed by atoms with E-state index in [4.69, 9.17) is 9.47 Å². The highest BCUT2D eigenvalue weighted by molar-refractivity contribution is 9.10. The second kappa shape index (κ2) is 10.2. The van der Waals surface area contributed by atoms with Crippen LogP contribution in [-0.2, 0) is 11.3 Å². The van der Waals surface area contributed by atoms with Crippen molar-refractivity contribution in [3.63, 3.8) is 0 Å². The standard InChI is InChI=1S/C16H26BrNO2/c1-4-6-13(2)12-20-16-14(7-5-8-15(16)17)11-18-9-10-19-3/h5,7-8,13,18H,4,6,9-12H2,1-3H3. The maximum absolute atomic E-state index is 6.02. The average molecular weight is 344 g/mol. The minimum Gasteiger partial charge on any atom is -0.492 e. The van der Waals surface area contributed by atoms with Crippen LogP contribution in [0.2, 0.25) is 0 Å². The molecule has 0 bridgehead atoms. The summed E-state index contributed by atoms with van der Waals surface area (Å²) in [6.07, 6.45) is 2.40. The van der Waals surface area contributed by atoms with E-state index in [0.29, 0.717) is 5.92 Å². The number of hydrogen-bond acceptors (Lipinski definition) is 3. The first-order chi connectivity index (χ1) is 9.69. The predicted octanol–water partition coefficient (Wildman–Crippen LogP) is 4.00. The molecule has 0 radical (unpaired) electrons. The minimum absolute atomic E-state index is 0.585. The van der Waals surface area contributed by atoms with E-state index < -0.39 is 0 Å². The van der Waals surface area contributed by atoms with Crippen LogP contribution in [0.5, 0.6) is 5.75 Å². The predicted molar refractivity (Wildman–Crippen MR) is 87.3 cm³/mol. The van der Waals surface area contributed by atoms with Crippen molar-refractivity contribution in [2.24, 2.45) is 5.92 Å². The van der Waals surface area contributed by atoms with Crippen LogP contribution in [0, 0.1) is 5.92 Å². The third-order valence-electron chi connectivity index (χ3n) is 3.14. The van der Waals surface area contributed by atoms with Crippen LogP contribution in [0.3, 0.4) is 0 Å². The van der Waals surface area contributed by atoms with Crippen molar-refractivity contribution in [2.75, 3.05) is 26.9 Å². The van der Waals surface area contributed by atoms with Gasteiger partial charge in [0, 0.05) is 25.8 Å². The SMILES string of the molecule is CCCC(C)COc1c(Br)cccc1CNCCOC. The second-order valence-corrected chi connectivity index (χ2v) is 5.96. The molecule has 1 unspecified atom stereocenters. The normalized spacial score (nSPS) is 12.4. The fourth-order valence-corrected chi connectivity index (χ4v) is 2.58. The molecule has 0 amide bonds. The van der Waals surface area contributed by atoms with Crippen molar-refractivity contribution in [1.29, 1.82) is 0 Å². The molecule has 0 heterocycles. The highest BCUT2D eigenvalue weighted by atomic mass is 79.9. The number of ether oxygens (including phenoxy) is 2. The Morgan fingerprint density at radius 2 is 2.15 bits per heavy atom. The largest absolute Gasteiger partial charge is 0.492 e. The molecule has 0 aliphatic heterocycles. The van der Waals surface area contributed by atoms with Crippen molar-refractivity contribution in [3.05, 3.63) is 28.2 Å². The number of hydrogen-bond donors (Lipinski definition) is 1. The zero-order valence-electron chi connectivity index (χ0n) is 12.7. The topological polar surface area (TPSA) is 30.5 Å². The third kappa shape index (κ3) is 6.25. The number of methoxy groups -OCH3 is 1. The maximum Gasteiger partial charge on any atom is 0.137 e. The van der Waals surface area contributed by atoms with Gasteiger partial charge in [-0.2, -0.15) is 0 Å². The Morgan fingerprint density at radius 3 is 2.85 bits per heavy atom. The van der Waals surface area contributed by atoms with Crippen molar-refractivity contribution >= 4 is 15.9 Å².